The first-order valence-electron chi connectivity index (χ1n) is 6.78. The molecule has 0 amide bonds. The summed E-state index contributed by atoms with van der Waals surface area (Å²) in [5.41, 5.74) is 2.37. The second-order valence-corrected chi connectivity index (χ2v) is 7.45. The molecule has 0 bridgehead atoms. The Kier molecular flexibility index (Phi) is 4.82. The topological polar surface area (TPSA) is 49.4 Å². The maximum atomic E-state index is 11.5. The zero-order valence-corrected chi connectivity index (χ0v) is 12.2. The average Bonchev–Trinajstić information content (AvgIpc) is 2.51. The Balaban J connectivity index is 1.77. The van der Waals surface area contributed by atoms with Crippen molar-refractivity contribution in [3.8, 4) is 0 Å². The van der Waals surface area contributed by atoms with Crippen LogP contribution in [0.4, 0.5) is 5.69 Å². The summed E-state index contributed by atoms with van der Waals surface area (Å²) in [6.45, 7) is 5.37. The van der Waals surface area contributed by atoms with E-state index in [4.69, 9.17) is 0 Å². The molecule has 1 saturated heterocycles. The van der Waals surface area contributed by atoms with Gasteiger partial charge >= 0.3 is 0 Å². The highest BCUT2D eigenvalue weighted by Gasteiger charge is 2.18. The number of aryl methyl sites for hydroxylation is 1. The van der Waals surface area contributed by atoms with Crippen LogP contribution in [0.5, 0.6) is 0 Å². The minimum Gasteiger partial charge on any atom is -0.384 e. The van der Waals surface area contributed by atoms with Crippen molar-refractivity contribution in [2.75, 3.05) is 43.0 Å². The third-order valence-corrected chi connectivity index (χ3v) is 5.14. The van der Waals surface area contributed by atoms with Crippen molar-refractivity contribution in [3.63, 3.8) is 0 Å². The molecule has 0 aromatic heterocycles. The van der Waals surface area contributed by atoms with Crippen molar-refractivity contribution >= 4 is 15.5 Å². The molecule has 2 rings (SSSR count). The van der Waals surface area contributed by atoms with Gasteiger partial charge in [-0.25, -0.2) is 8.42 Å². The highest BCUT2D eigenvalue weighted by atomic mass is 32.2. The van der Waals surface area contributed by atoms with Crippen molar-refractivity contribution in [3.05, 3.63) is 29.8 Å². The van der Waals surface area contributed by atoms with Gasteiger partial charge in [0.05, 0.1) is 11.5 Å². The number of rotatable bonds is 4. The Hall–Kier alpha value is -1.07. The van der Waals surface area contributed by atoms with E-state index in [9.17, 15) is 8.42 Å². The molecule has 19 heavy (non-hydrogen) atoms. The molecule has 0 radical (unpaired) electrons. The van der Waals surface area contributed by atoms with E-state index in [1.807, 2.05) is 6.07 Å². The van der Waals surface area contributed by atoms with Gasteiger partial charge in [0.2, 0.25) is 0 Å². The van der Waals surface area contributed by atoms with Crippen molar-refractivity contribution in [1.29, 1.82) is 0 Å². The number of nitrogens with zero attached hydrogens (tertiary/aromatic N) is 1. The molecule has 1 N–H and O–H groups in total. The molecule has 0 aliphatic carbocycles. The molecular weight excluding hydrogens is 260 g/mol. The minimum atomic E-state index is -2.80. The van der Waals surface area contributed by atoms with Crippen LogP contribution >= 0.6 is 0 Å². The highest BCUT2D eigenvalue weighted by Crippen LogP contribution is 2.09. The fourth-order valence-electron chi connectivity index (χ4n) is 2.33. The van der Waals surface area contributed by atoms with Crippen LogP contribution in [0.25, 0.3) is 0 Å². The molecule has 1 aliphatic rings. The van der Waals surface area contributed by atoms with Crippen LogP contribution in [0, 0.1) is 6.92 Å². The molecule has 4 nitrogen and oxygen atoms in total. The Morgan fingerprint density at radius 1 is 1.26 bits per heavy atom. The Morgan fingerprint density at radius 3 is 2.89 bits per heavy atom. The van der Waals surface area contributed by atoms with Crippen molar-refractivity contribution in [2.24, 2.45) is 0 Å². The SMILES string of the molecule is Cc1cccc(NCCN2CCCS(=O)(=O)CC2)c1. The molecule has 1 aliphatic heterocycles. The molecule has 1 fully saturated rings. The number of nitrogens with one attached hydrogen (secondary N) is 1. The summed E-state index contributed by atoms with van der Waals surface area (Å²) in [6, 6.07) is 8.29. The first kappa shape index (κ1) is 14.3. The zero-order chi connectivity index (χ0) is 13.7. The monoisotopic (exact) mass is 282 g/mol. The molecule has 0 unspecified atom stereocenters. The van der Waals surface area contributed by atoms with E-state index in [1.54, 1.807) is 0 Å². The van der Waals surface area contributed by atoms with E-state index < -0.39 is 9.84 Å². The second-order valence-electron chi connectivity index (χ2n) is 5.14. The minimum absolute atomic E-state index is 0.303. The molecule has 1 heterocycles. The first-order chi connectivity index (χ1) is 9.05. The summed E-state index contributed by atoms with van der Waals surface area (Å²) in [6.07, 6.45) is 0.757. The summed E-state index contributed by atoms with van der Waals surface area (Å²) >= 11 is 0. The largest absolute Gasteiger partial charge is 0.384 e. The van der Waals surface area contributed by atoms with Crippen LogP contribution in [-0.2, 0) is 9.84 Å². The zero-order valence-electron chi connectivity index (χ0n) is 11.4. The first-order valence-corrected chi connectivity index (χ1v) is 8.61. The van der Waals surface area contributed by atoms with Crippen molar-refractivity contribution < 1.29 is 8.42 Å². The van der Waals surface area contributed by atoms with E-state index >= 15 is 0 Å². The van der Waals surface area contributed by atoms with Gasteiger partial charge < -0.3 is 10.2 Å². The normalized spacial score (nSPS) is 19.8. The van der Waals surface area contributed by atoms with E-state index in [1.165, 1.54) is 5.56 Å². The van der Waals surface area contributed by atoms with Crippen LogP contribution in [0.1, 0.15) is 12.0 Å². The van der Waals surface area contributed by atoms with Gasteiger partial charge in [-0.05, 0) is 37.6 Å². The van der Waals surface area contributed by atoms with Gasteiger partial charge in [-0.3, -0.25) is 0 Å². The van der Waals surface area contributed by atoms with Crippen LogP contribution in [-0.4, -0.2) is 51.0 Å². The molecule has 1 aromatic rings. The summed E-state index contributed by atoms with van der Waals surface area (Å²) in [5.74, 6) is 0.645. The maximum Gasteiger partial charge on any atom is 0.151 e. The van der Waals surface area contributed by atoms with Gasteiger partial charge in [0.25, 0.3) is 0 Å². The van der Waals surface area contributed by atoms with E-state index in [-0.39, 0.29) is 0 Å². The molecule has 5 heteroatoms. The molecule has 106 valence electrons. The van der Waals surface area contributed by atoms with Gasteiger partial charge in [-0.1, -0.05) is 12.1 Å². The number of anilines is 1. The lowest BCUT2D eigenvalue weighted by Gasteiger charge is -2.19. The molecule has 1 aromatic carbocycles. The molecule has 0 saturated carbocycles. The molecular formula is C14H22N2O2S. The van der Waals surface area contributed by atoms with Gasteiger partial charge in [0, 0.05) is 25.3 Å². The lowest BCUT2D eigenvalue weighted by molar-refractivity contribution is 0.307. The molecule has 0 spiro atoms. The number of hydrogen-bond donors (Lipinski definition) is 1. The number of sulfone groups is 1. The average molecular weight is 282 g/mol. The van der Waals surface area contributed by atoms with Crippen LogP contribution in [0.2, 0.25) is 0 Å². The Bertz CT molecular complexity index is 514. The molecule has 0 atom stereocenters. The van der Waals surface area contributed by atoms with E-state index in [0.717, 1.165) is 31.7 Å². The fourth-order valence-corrected chi connectivity index (χ4v) is 3.64. The third-order valence-electron chi connectivity index (χ3n) is 3.42. The van der Waals surface area contributed by atoms with Gasteiger partial charge in [-0.15, -0.1) is 0 Å². The van der Waals surface area contributed by atoms with Crippen molar-refractivity contribution in [1.82, 2.24) is 4.90 Å². The summed E-state index contributed by atoms with van der Waals surface area (Å²) in [5, 5.41) is 3.38. The van der Waals surface area contributed by atoms with Gasteiger partial charge in [0.15, 0.2) is 9.84 Å². The highest BCUT2D eigenvalue weighted by molar-refractivity contribution is 7.91. The quantitative estimate of drug-likeness (QED) is 0.910. The Labute approximate surface area is 115 Å². The lowest BCUT2D eigenvalue weighted by atomic mass is 10.2. The fraction of sp³-hybridized carbons (Fsp3) is 0.571. The van der Waals surface area contributed by atoms with E-state index in [2.05, 4.69) is 35.3 Å². The number of benzene rings is 1. The summed E-state index contributed by atoms with van der Waals surface area (Å²) in [4.78, 5) is 2.23. The van der Waals surface area contributed by atoms with Crippen molar-refractivity contribution in [2.45, 2.75) is 13.3 Å². The third kappa shape index (κ3) is 4.84. The van der Waals surface area contributed by atoms with Crippen LogP contribution < -0.4 is 5.32 Å². The lowest BCUT2D eigenvalue weighted by Crippen LogP contribution is -2.31. The summed E-state index contributed by atoms with van der Waals surface area (Å²) < 4.78 is 23.0. The smallest absolute Gasteiger partial charge is 0.151 e. The maximum absolute atomic E-state index is 11.5. The van der Waals surface area contributed by atoms with Crippen LogP contribution in [0.15, 0.2) is 24.3 Å². The Morgan fingerprint density at radius 2 is 2.11 bits per heavy atom. The summed E-state index contributed by atoms with van der Waals surface area (Å²) in [7, 11) is -2.80. The predicted molar refractivity (Wildman–Crippen MR) is 79.4 cm³/mol. The van der Waals surface area contributed by atoms with Crippen LogP contribution in [0.3, 0.4) is 0 Å². The second kappa shape index (κ2) is 6.39. The standard InChI is InChI=1S/C14H22N2O2S/c1-13-4-2-5-14(12-13)15-6-8-16-7-3-10-19(17,18)11-9-16/h2,4-5,12,15H,3,6-11H2,1H3. The van der Waals surface area contributed by atoms with Gasteiger partial charge in [0.1, 0.15) is 0 Å². The van der Waals surface area contributed by atoms with E-state index in [0.29, 0.717) is 18.1 Å². The predicted octanol–water partition coefficient (Wildman–Crippen LogP) is 1.53. The number of hydrogen-bond acceptors (Lipinski definition) is 4. The van der Waals surface area contributed by atoms with Gasteiger partial charge in [-0.2, -0.15) is 0 Å².